The Kier molecular flexibility index (Phi) is 5.35. The summed E-state index contributed by atoms with van der Waals surface area (Å²) in [4.78, 5) is 0. The highest BCUT2D eigenvalue weighted by molar-refractivity contribution is 5.24. The lowest BCUT2D eigenvalue weighted by Crippen LogP contribution is -2.38. The van der Waals surface area contributed by atoms with Crippen molar-refractivity contribution >= 4 is 0 Å². The normalized spacial score (nSPS) is 12.8. The standard InChI is InChI=1S/C13H19F2NO/c1-4-16-12(9(2)3)8-17-13-6-5-10(14)7-11(13)15/h5-7,9,12,16H,4,8H2,1-3H3. The van der Waals surface area contributed by atoms with Crippen molar-refractivity contribution in [2.75, 3.05) is 13.2 Å². The Balaban J connectivity index is 2.59. The zero-order valence-corrected chi connectivity index (χ0v) is 10.5. The van der Waals surface area contributed by atoms with E-state index < -0.39 is 11.6 Å². The van der Waals surface area contributed by atoms with Crippen LogP contribution in [0.4, 0.5) is 8.78 Å². The quantitative estimate of drug-likeness (QED) is 0.829. The number of benzene rings is 1. The van der Waals surface area contributed by atoms with Gasteiger partial charge in [-0.1, -0.05) is 20.8 Å². The summed E-state index contributed by atoms with van der Waals surface area (Å²) in [6.45, 7) is 7.34. The van der Waals surface area contributed by atoms with Gasteiger partial charge < -0.3 is 10.1 Å². The number of hydrogen-bond acceptors (Lipinski definition) is 2. The maximum Gasteiger partial charge on any atom is 0.167 e. The van der Waals surface area contributed by atoms with Gasteiger partial charge in [0.15, 0.2) is 11.6 Å². The Labute approximate surface area is 101 Å². The van der Waals surface area contributed by atoms with Gasteiger partial charge in [-0.3, -0.25) is 0 Å². The second-order valence-electron chi connectivity index (χ2n) is 4.29. The van der Waals surface area contributed by atoms with Gasteiger partial charge in [-0.25, -0.2) is 8.78 Å². The van der Waals surface area contributed by atoms with Crippen molar-refractivity contribution in [3.63, 3.8) is 0 Å². The SMILES string of the molecule is CCNC(COc1ccc(F)cc1F)C(C)C. The topological polar surface area (TPSA) is 21.3 Å². The highest BCUT2D eigenvalue weighted by Crippen LogP contribution is 2.18. The van der Waals surface area contributed by atoms with E-state index in [-0.39, 0.29) is 11.8 Å². The van der Waals surface area contributed by atoms with Crippen molar-refractivity contribution in [2.24, 2.45) is 5.92 Å². The van der Waals surface area contributed by atoms with Gasteiger partial charge in [0.1, 0.15) is 12.4 Å². The average Bonchev–Trinajstić information content (AvgIpc) is 2.25. The summed E-state index contributed by atoms with van der Waals surface area (Å²) in [5.41, 5.74) is 0. The molecule has 1 aromatic rings. The molecule has 0 fully saturated rings. The summed E-state index contributed by atoms with van der Waals surface area (Å²) in [5, 5.41) is 3.26. The Hall–Kier alpha value is -1.16. The third kappa shape index (κ3) is 4.30. The first kappa shape index (κ1) is 13.9. The number of hydrogen-bond donors (Lipinski definition) is 1. The molecule has 0 aromatic heterocycles. The van der Waals surface area contributed by atoms with Gasteiger partial charge in [-0.15, -0.1) is 0 Å². The molecule has 0 aliphatic rings. The average molecular weight is 243 g/mol. The van der Waals surface area contributed by atoms with E-state index in [1.807, 2.05) is 6.92 Å². The molecule has 0 heterocycles. The van der Waals surface area contributed by atoms with E-state index in [9.17, 15) is 8.78 Å². The van der Waals surface area contributed by atoms with Crippen LogP contribution in [0.25, 0.3) is 0 Å². The second kappa shape index (κ2) is 6.55. The fourth-order valence-corrected chi connectivity index (χ4v) is 1.52. The van der Waals surface area contributed by atoms with E-state index in [1.165, 1.54) is 12.1 Å². The van der Waals surface area contributed by atoms with Crippen LogP contribution in [0.2, 0.25) is 0 Å². The van der Waals surface area contributed by atoms with E-state index in [0.29, 0.717) is 12.5 Å². The first-order valence-electron chi connectivity index (χ1n) is 5.85. The summed E-state index contributed by atoms with van der Waals surface area (Å²) in [7, 11) is 0. The molecule has 0 aliphatic heterocycles. The molecule has 1 atom stereocenters. The summed E-state index contributed by atoms with van der Waals surface area (Å²) < 4.78 is 31.4. The number of ether oxygens (including phenoxy) is 1. The molecule has 4 heteroatoms. The Morgan fingerprint density at radius 1 is 1.29 bits per heavy atom. The zero-order chi connectivity index (χ0) is 12.8. The molecule has 2 nitrogen and oxygen atoms in total. The van der Waals surface area contributed by atoms with Crippen LogP contribution in [0.15, 0.2) is 18.2 Å². The summed E-state index contributed by atoms with van der Waals surface area (Å²) in [5.74, 6) is -0.778. The number of nitrogens with one attached hydrogen (secondary N) is 1. The number of rotatable bonds is 6. The van der Waals surface area contributed by atoms with Crippen LogP contribution in [0, 0.1) is 17.6 Å². The van der Waals surface area contributed by atoms with Gasteiger partial charge >= 0.3 is 0 Å². The first-order chi connectivity index (χ1) is 8.04. The van der Waals surface area contributed by atoms with Crippen LogP contribution in [-0.2, 0) is 0 Å². The molecular weight excluding hydrogens is 224 g/mol. The molecule has 1 rings (SSSR count). The van der Waals surface area contributed by atoms with Gasteiger partial charge in [-0.05, 0) is 24.6 Å². The predicted molar refractivity (Wildman–Crippen MR) is 64.2 cm³/mol. The largest absolute Gasteiger partial charge is 0.489 e. The maximum atomic E-state index is 13.3. The van der Waals surface area contributed by atoms with Gasteiger partial charge in [0, 0.05) is 12.1 Å². The van der Waals surface area contributed by atoms with Crippen molar-refractivity contribution in [3.05, 3.63) is 29.8 Å². The molecule has 0 radical (unpaired) electrons. The maximum absolute atomic E-state index is 13.3. The Bertz CT molecular complexity index is 355. The molecule has 0 aliphatic carbocycles. The fraction of sp³-hybridized carbons (Fsp3) is 0.538. The van der Waals surface area contributed by atoms with Crippen molar-refractivity contribution in [1.29, 1.82) is 0 Å². The fourth-order valence-electron chi connectivity index (χ4n) is 1.52. The third-order valence-corrected chi connectivity index (χ3v) is 2.58. The second-order valence-corrected chi connectivity index (χ2v) is 4.29. The lowest BCUT2D eigenvalue weighted by molar-refractivity contribution is 0.224. The van der Waals surface area contributed by atoms with Crippen molar-refractivity contribution in [3.8, 4) is 5.75 Å². The van der Waals surface area contributed by atoms with E-state index in [1.54, 1.807) is 0 Å². The number of halogens is 2. The molecule has 0 amide bonds. The molecule has 0 saturated carbocycles. The Morgan fingerprint density at radius 2 is 2.00 bits per heavy atom. The number of likely N-dealkylation sites (N-methyl/N-ethyl adjacent to an activating group) is 1. The minimum atomic E-state index is -0.663. The third-order valence-electron chi connectivity index (χ3n) is 2.58. The van der Waals surface area contributed by atoms with Gasteiger partial charge in [-0.2, -0.15) is 0 Å². The van der Waals surface area contributed by atoms with Crippen molar-refractivity contribution in [1.82, 2.24) is 5.32 Å². The predicted octanol–water partition coefficient (Wildman–Crippen LogP) is 2.98. The van der Waals surface area contributed by atoms with E-state index >= 15 is 0 Å². The molecule has 1 unspecified atom stereocenters. The molecule has 1 N–H and O–H groups in total. The Morgan fingerprint density at radius 3 is 2.53 bits per heavy atom. The lowest BCUT2D eigenvalue weighted by Gasteiger charge is -2.22. The molecule has 0 saturated heterocycles. The molecular formula is C13H19F2NO. The van der Waals surface area contributed by atoms with Gasteiger partial charge in [0.2, 0.25) is 0 Å². The zero-order valence-electron chi connectivity index (χ0n) is 10.5. The minimum absolute atomic E-state index is 0.0925. The molecule has 0 bridgehead atoms. The highest BCUT2D eigenvalue weighted by Gasteiger charge is 2.14. The summed E-state index contributed by atoms with van der Waals surface area (Å²) in [6, 6.07) is 3.49. The smallest absolute Gasteiger partial charge is 0.167 e. The molecule has 17 heavy (non-hydrogen) atoms. The molecule has 1 aromatic carbocycles. The summed E-state index contributed by atoms with van der Waals surface area (Å²) >= 11 is 0. The highest BCUT2D eigenvalue weighted by atomic mass is 19.1. The lowest BCUT2D eigenvalue weighted by atomic mass is 10.1. The van der Waals surface area contributed by atoms with E-state index in [4.69, 9.17) is 4.74 Å². The van der Waals surface area contributed by atoms with Crippen LogP contribution in [-0.4, -0.2) is 19.2 Å². The van der Waals surface area contributed by atoms with Crippen LogP contribution in [0.5, 0.6) is 5.75 Å². The summed E-state index contributed by atoms with van der Waals surface area (Å²) in [6.07, 6.45) is 0. The van der Waals surface area contributed by atoms with E-state index in [2.05, 4.69) is 19.2 Å². The van der Waals surface area contributed by atoms with Crippen LogP contribution < -0.4 is 10.1 Å². The minimum Gasteiger partial charge on any atom is -0.489 e. The van der Waals surface area contributed by atoms with Crippen LogP contribution in [0.3, 0.4) is 0 Å². The monoisotopic (exact) mass is 243 g/mol. The first-order valence-corrected chi connectivity index (χ1v) is 5.85. The molecule has 96 valence electrons. The van der Waals surface area contributed by atoms with Crippen molar-refractivity contribution < 1.29 is 13.5 Å². The molecule has 0 spiro atoms. The van der Waals surface area contributed by atoms with Crippen LogP contribution >= 0.6 is 0 Å². The van der Waals surface area contributed by atoms with Gasteiger partial charge in [0.25, 0.3) is 0 Å². The van der Waals surface area contributed by atoms with Crippen molar-refractivity contribution in [2.45, 2.75) is 26.8 Å². The van der Waals surface area contributed by atoms with Gasteiger partial charge in [0.05, 0.1) is 0 Å². The van der Waals surface area contributed by atoms with E-state index in [0.717, 1.165) is 12.6 Å². The van der Waals surface area contributed by atoms with Crippen LogP contribution in [0.1, 0.15) is 20.8 Å².